The van der Waals surface area contributed by atoms with Crippen molar-refractivity contribution in [3.05, 3.63) is 51.7 Å². The van der Waals surface area contributed by atoms with Crippen molar-refractivity contribution in [2.45, 2.75) is 11.8 Å². The van der Waals surface area contributed by atoms with Crippen LogP contribution in [-0.4, -0.2) is 24.4 Å². The topological polar surface area (TPSA) is 76.7 Å². The molecular formula is C16H14BrFN2O3. The van der Waals surface area contributed by atoms with Crippen molar-refractivity contribution in [2.24, 2.45) is 5.73 Å². The second-order valence-electron chi connectivity index (χ2n) is 5.66. The van der Waals surface area contributed by atoms with Crippen molar-refractivity contribution in [1.82, 2.24) is 5.32 Å². The van der Waals surface area contributed by atoms with Gasteiger partial charge in [0.25, 0.3) is 0 Å². The van der Waals surface area contributed by atoms with E-state index in [0.29, 0.717) is 34.4 Å². The van der Waals surface area contributed by atoms with E-state index in [-0.39, 0.29) is 11.5 Å². The fourth-order valence-electron chi connectivity index (χ4n) is 3.19. The van der Waals surface area contributed by atoms with Crippen molar-refractivity contribution < 1.29 is 19.0 Å². The van der Waals surface area contributed by atoms with Crippen LogP contribution in [0.5, 0.6) is 17.2 Å². The molecule has 4 N–H and O–H groups in total. The Kier molecular flexibility index (Phi) is 3.35. The van der Waals surface area contributed by atoms with E-state index in [0.717, 1.165) is 0 Å². The molecule has 0 bridgehead atoms. The third-order valence-electron chi connectivity index (χ3n) is 4.13. The summed E-state index contributed by atoms with van der Waals surface area (Å²) in [6.07, 6.45) is -0.563. The molecule has 0 radical (unpaired) electrons. The van der Waals surface area contributed by atoms with Crippen molar-refractivity contribution in [3.63, 3.8) is 0 Å². The zero-order valence-corrected chi connectivity index (χ0v) is 13.6. The maximum Gasteiger partial charge on any atom is 0.169 e. The van der Waals surface area contributed by atoms with Crippen LogP contribution in [0.1, 0.15) is 11.1 Å². The normalized spacial score (nSPS) is 25.6. The molecule has 0 amide bonds. The lowest BCUT2D eigenvalue weighted by molar-refractivity contribution is -0.0974. The summed E-state index contributed by atoms with van der Waals surface area (Å²) in [5.74, 6) is 0.137. The van der Waals surface area contributed by atoms with Crippen LogP contribution in [0.3, 0.4) is 0 Å². The van der Waals surface area contributed by atoms with E-state index in [1.54, 1.807) is 18.2 Å². The van der Waals surface area contributed by atoms with Crippen LogP contribution in [-0.2, 0) is 10.3 Å². The molecule has 1 saturated heterocycles. The lowest BCUT2D eigenvalue weighted by Crippen LogP contribution is -2.56. The molecule has 2 atom stereocenters. The molecule has 5 nitrogen and oxygen atoms in total. The van der Waals surface area contributed by atoms with Gasteiger partial charge < -0.3 is 25.6 Å². The second-order valence-corrected chi connectivity index (χ2v) is 6.58. The van der Waals surface area contributed by atoms with Crippen molar-refractivity contribution in [3.8, 4) is 17.2 Å². The number of morpholine rings is 1. The molecule has 2 aromatic rings. The van der Waals surface area contributed by atoms with Gasteiger partial charge >= 0.3 is 0 Å². The Morgan fingerprint density at radius 2 is 2.13 bits per heavy atom. The number of benzene rings is 2. The van der Waals surface area contributed by atoms with Crippen LogP contribution >= 0.6 is 15.9 Å². The Morgan fingerprint density at radius 1 is 1.30 bits per heavy atom. The highest BCUT2D eigenvalue weighted by Crippen LogP contribution is 2.52. The fraction of sp³-hybridized carbons (Fsp3) is 0.250. The van der Waals surface area contributed by atoms with E-state index in [9.17, 15) is 9.50 Å². The number of phenolic OH excluding ortho intramolecular Hbond substituents is 1. The lowest BCUT2D eigenvalue weighted by Gasteiger charge is -2.44. The number of hydrogen-bond donors (Lipinski definition) is 3. The van der Waals surface area contributed by atoms with Gasteiger partial charge in [0, 0.05) is 28.7 Å². The number of hydrogen-bond acceptors (Lipinski definition) is 5. The number of nitrogens with two attached hydrogens (primary N) is 1. The third kappa shape index (κ3) is 2.23. The summed E-state index contributed by atoms with van der Waals surface area (Å²) in [5, 5.41) is 13.1. The van der Waals surface area contributed by atoms with E-state index in [4.69, 9.17) is 15.2 Å². The summed E-state index contributed by atoms with van der Waals surface area (Å²) in [7, 11) is 0. The first-order valence-electron chi connectivity index (χ1n) is 7.14. The number of ether oxygens (including phenoxy) is 2. The van der Waals surface area contributed by atoms with Crippen LogP contribution in [0.2, 0.25) is 0 Å². The molecule has 120 valence electrons. The number of nitrogens with one attached hydrogen (secondary N) is 1. The van der Waals surface area contributed by atoms with Gasteiger partial charge in [-0.15, -0.1) is 0 Å². The van der Waals surface area contributed by atoms with E-state index in [1.165, 1.54) is 12.1 Å². The number of rotatable bonds is 0. The molecule has 2 heterocycles. The Balaban J connectivity index is 2.02. The van der Waals surface area contributed by atoms with Crippen LogP contribution in [0.25, 0.3) is 0 Å². The smallest absolute Gasteiger partial charge is 0.169 e. The fourth-order valence-corrected chi connectivity index (χ4v) is 3.62. The highest BCUT2D eigenvalue weighted by atomic mass is 79.9. The summed E-state index contributed by atoms with van der Waals surface area (Å²) < 4.78 is 26.8. The van der Waals surface area contributed by atoms with Gasteiger partial charge in [0.15, 0.2) is 11.6 Å². The molecule has 0 aromatic heterocycles. The van der Waals surface area contributed by atoms with Gasteiger partial charge in [-0.25, -0.2) is 4.39 Å². The minimum Gasteiger partial charge on any atom is -0.508 e. The molecule has 1 unspecified atom stereocenters. The maximum atomic E-state index is 14.4. The minimum absolute atomic E-state index is 0.0772. The average Bonchev–Trinajstić information content (AvgIpc) is 2.50. The van der Waals surface area contributed by atoms with Gasteiger partial charge in [0.2, 0.25) is 0 Å². The summed E-state index contributed by atoms with van der Waals surface area (Å²) in [5.41, 5.74) is 6.10. The van der Waals surface area contributed by atoms with Crippen LogP contribution in [0.4, 0.5) is 4.39 Å². The van der Waals surface area contributed by atoms with Crippen molar-refractivity contribution >= 4 is 15.9 Å². The zero-order chi connectivity index (χ0) is 16.2. The zero-order valence-electron chi connectivity index (χ0n) is 12.0. The Morgan fingerprint density at radius 3 is 2.91 bits per heavy atom. The monoisotopic (exact) mass is 380 g/mol. The lowest BCUT2D eigenvalue weighted by atomic mass is 9.82. The summed E-state index contributed by atoms with van der Waals surface area (Å²) in [6.45, 7) is 0.881. The molecule has 23 heavy (non-hydrogen) atoms. The number of aromatic hydroxyl groups is 1. The van der Waals surface area contributed by atoms with Gasteiger partial charge in [-0.3, -0.25) is 0 Å². The number of phenols is 1. The molecule has 2 aliphatic heterocycles. The van der Waals surface area contributed by atoms with E-state index in [1.807, 2.05) is 0 Å². The molecule has 2 aromatic carbocycles. The van der Waals surface area contributed by atoms with Crippen molar-refractivity contribution in [1.29, 1.82) is 0 Å². The predicted molar refractivity (Wildman–Crippen MR) is 85.0 cm³/mol. The average molecular weight is 381 g/mol. The molecule has 0 aliphatic carbocycles. The Bertz CT molecular complexity index is 801. The van der Waals surface area contributed by atoms with E-state index < -0.39 is 17.6 Å². The summed E-state index contributed by atoms with van der Waals surface area (Å²) >= 11 is 3.31. The summed E-state index contributed by atoms with van der Waals surface area (Å²) in [6, 6.07) is 7.75. The minimum atomic E-state index is -1.02. The number of halogens is 2. The first-order chi connectivity index (χ1) is 11.0. The van der Waals surface area contributed by atoms with Crippen LogP contribution in [0, 0.1) is 5.82 Å². The molecule has 1 spiro atoms. The highest BCUT2D eigenvalue weighted by molar-refractivity contribution is 9.10. The third-order valence-corrected chi connectivity index (χ3v) is 4.58. The quantitative estimate of drug-likeness (QED) is 0.654. The van der Waals surface area contributed by atoms with Gasteiger partial charge in [0.1, 0.15) is 23.3 Å². The van der Waals surface area contributed by atoms with Gasteiger partial charge in [0.05, 0.1) is 0 Å². The van der Waals surface area contributed by atoms with Crippen LogP contribution in [0.15, 0.2) is 34.8 Å². The Labute approximate surface area is 140 Å². The maximum absolute atomic E-state index is 14.4. The number of fused-ring (bicyclic) bond motifs is 4. The first kappa shape index (κ1) is 14.9. The molecule has 0 saturated carbocycles. The molecular weight excluding hydrogens is 367 g/mol. The first-order valence-corrected chi connectivity index (χ1v) is 7.94. The molecule has 1 fully saturated rings. The molecule has 2 aliphatic rings. The summed E-state index contributed by atoms with van der Waals surface area (Å²) in [4.78, 5) is 0. The molecule has 4 rings (SSSR count). The van der Waals surface area contributed by atoms with Gasteiger partial charge in [-0.1, -0.05) is 15.9 Å². The van der Waals surface area contributed by atoms with Crippen molar-refractivity contribution in [2.75, 3.05) is 13.1 Å². The standard InChI is InChI=1S/C16H14BrFN2O3/c17-8-3-11-15(12(18)4-8)22-13-2-1-9(21)5-10(13)16(11)7-20-6-14(19)23-16/h1-5,14,20-21H,6-7,19H2/t14-,16?/m0/s1. The SMILES string of the molecule is N[C@@H]1CNCC2(O1)c1cc(O)ccc1Oc1c(F)cc(Br)cc12. The molecule has 7 heteroatoms. The van der Waals surface area contributed by atoms with Gasteiger partial charge in [-0.2, -0.15) is 0 Å². The largest absolute Gasteiger partial charge is 0.508 e. The Hall–Kier alpha value is -1.67. The second kappa shape index (κ2) is 5.17. The van der Waals surface area contributed by atoms with E-state index >= 15 is 0 Å². The highest BCUT2D eigenvalue weighted by Gasteiger charge is 2.47. The van der Waals surface area contributed by atoms with Crippen LogP contribution < -0.4 is 15.8 Å². The predicted octanol–water partition coefficient (Wildman–Crippen LogP) is 2.55. The van der Waals surface area contributed by atoms with Gasteiger partial charge in [-0.05, 0) is 30.3 Å². The van der Waals surface area contributed by atoms with E-state index in [2.05, 4.69) is 21.2 Å².